The number of ether oxygens (including phenoxy) is 2. The summed E-state index contributed by atoms with van der Waals surface area (Å²) in [5.74, 6) is -0.532. The molecule has 0 radical (unpaired) electrons. The topological polar surface area (TPSA) is 194 Å². The van der Waals surface area contributed by atoms with Crippen molar-refractivity contribution in [3.05, 3.63) is 12.2 Å². The van der Waals surface area contributed by atoms with E-state index >= 15 is 0 Å². The lowest BCUT2D eigenvalue weighted by Crippen LogP contribution is -2.63. The van der Waals surface area contributed by atoms with Crippen LogP contribution in [0, 0.1) is 0 Å². The summed E-state index contributed by atoms with van der Waals surface area (Å²) in [5.41, 5.74) is 0.284. The van der Waals surface area contributed by atoms with Gasteiger partial charge in [0, 0.05) is 12.2 Å². The van der Waals surface area contributed by atoms with Crippen LogP contribution in [0.3, 0.4) is 0 Å². The molecule has 0 aromatic carbocycles. The van der Waals surface area contributed by atoms with Crippen molar-refractivity contribution in [1.82, 2.24) is 0 Å². The van der Waals surface area contributed by atoms with Crippen LogP contribution >= 0.6 is 0 Å². The van der Waals surface area contributed by atoms with Crippen molar-refractivity contribution in [3.63, 3.8) is 0 Å². The monoisotopic (exact) mass is 1430 g/mol. The zero-order chi connectivity index (χ0) is 64.4. The number of carbonyl (C=O) groups excluding carboxylic acids is 1. The number of esters is 1. The average Bonchev–Trinajstić information content (AvgIpc) is 3.07. The number of unbranched alkanes of at least 4 members (excludes halogenated alkanes) is 1. The highest BCUT2D eigenvalue weighted by Crippen LogP contribution is 2.34. The molecule has 0 saturated carbocycles. The van der Waals surface area contributed by atoms with Crippen LogP contribution in [-0.2, 0) is 76.0 Å². The SMILES string of the molecule is C=C(C)C(=O)OCC(O)COCCC[Si](C)(C)O[Si](C)(C)O[Si](C)(C)O[Si](C)(C)O[Si](C)(C)O[Si](C)(C)O[Si](C)(C)O[Si](C)(C)O[Si](C)(C)O[Si](C)(C)O[Si](C)(C)O[Si](C)(C)O[Si](C)(C)O[Si](C)(C)O[Si](C)(C)O[Si](C)(C)CCCC. The van der Waals surface area contributed by atoms with Crippen LogP contribution in [-0.4, -0.2) is 173 Å². The third-order valence-electron chi connectivity index (χ3n) is 10.7. The first-order valence-electron chi connectivity index (χ1n) is 29.0. The van der Waals surface area contributed by atoms with Gasteiger partial charge in [-0.15, -0.1) is 0 Å². The predicted molar refractivity (Wildman–Crippen MR) is 368 cm³/mol. The number of aliphatic hydroxyl groups is 1. The Morgan fingerprint density at radius 3 is 0.741 bits per heavy atom. The first kappa shape index (κ1) is 83.0. The maximum atomic E-state index is 11.6. The van der Waals surface area contributed by atoms with Gasteiger partial charge in [0.25, 0.3) is 0 Å². The minimum Gasteiger partial charge on any atom is -0.460 e. The van der Waals surface area contributed by atoms with E-state index in [1.807, 2.05) is 39.3 Å². The molecule has 0 fully saturated rings. The number of hydrogen-bond donors (Lipinski definition) is 1. The summed E-state index contributed by atoms with van der Waals surface area (Å²) in [6.45, 7) is 74.6. The van der Waals surface area contributed by atoms with Crippen molar-refractivity contribution in [3.8, 4) is 0 Å². The summed E-state index contributed by atoms with van der Waals surface area (Å²) in [6, 6.07) is 1.97. The van der Waals surface area contributed by atoms with E-state index in [1.165, 1.54) is 6.42 Å². The number of hydrogen-bond acceptors (Lipinski definition) is 19. The Morgan fingerprint density at radius 1 is 0.346 bits per heavy atom. The fourth-order valence-electron chi connectivity index (χ4n) is 11.2. The number of carbonyl (C=O) groups is 1. The molecule has 0 bridgehead atoms. The van der Waals surface area contributed by atoms with Crippen molar-refractivity contribution in [2.24, 2.45) is 0 Å². The molecule has 0 rings (SSSR count). The summed E-state index contributed by atoms with van der Waals surface area (Å²) in [4.78, 5) is 11.6. The molecule has 0 aromatic rings. The molecule has 0 heterocycles. The Hall–Kier alpha value is 2.00. The molecular formula is C46H122O19Si16. The van der Waals surface area contributed by atoms with Gasteiger partial charge in [0.15, 0.2) is 16.6 Å². The maximum absolute atomic E-state index is 11.6. The standard InChI is InChI=1S/C46H122O19Si16/c1-36-37-40-66(4,5)51-68(8,9)53-70(12,13)55-72(16,17)57-74(20,21)59-76(24,25)61-78(28,29)63-80(32,33)65-81(34,35)64-79(30,31)62-77(26,27)60-75(22,23)58-73(18,19)56-71(14,15)54-69(10,11)52-67(6,7)41-38-39-49-42-45(47)43-50-46(48)44(2)3/h45,47H,2,36-43H2,1,3-35H3. The van der Waals surface area contributed by atoms with Gasteiger partial charge in [-0.05, 0) is 235 Å². The van der Waals surface area contributed by atoms with Gasteiger partial charge >= 0.3 is 126 Å². The molecule has 0 saturated heterocycles. The Balaban J connectivity index is 5.61. The highest BCUT2D eigenvalue weighted by Gasteiger charge is 2.53. The molecule has 1 N–H and O–H groups in total. The molecule has 0 aliphatic heterocycles. The molecular weight excluding hydrogens is 1310 g/mol. The number of aliphatic hydroxyl groups excluding tert-OH is 1. The van der Waals surface area contributed by atoms with Crippen molar-refractivity contribution in [1.29, 1.82) is 0 Å². The fourth-order valence-corrected chi connectivity index (χ4v) is 94.0. The summed E-state index contributed by atoms with van der Waals surface area (Å²) in [5, 5.41) is 10.1. The van der Waals surface area contributed by atoms with Crippen LogP contribution < -0.4 is 0 Å². The van der Waals surface area contributed by atoms with Gasteiger partial charge in [0.05, 0.1) is 6.61 Å². The fraction of sp³-hybridized carbons (Fsp3) is 0.935. The minimum absolute atomic E-state index is 0.0733. The molecule has 0 aromatic heterocycles. The van der Waals surface area contributed by atoms with E-state index in [0.29, 0.717) is 6.61 Å². The normalized spacial score (nSPS) is 15.6. The molecule has 0 aliphatic rings. The molecule has 1 unspecified atom stereocenters. The van der Waals surface area contributed by atoms with E-state index in [4.69, 9.17) is 71.2 Å². The predicted octanol–water partition coefficient (Wildman–Crippen LogP) is 14.2. The average molecular weight is 1430 g/mol. The Bertz CT molecular complexity index is 1970. The maximum Gasteiger partial charge on any atom is 0.333 e. The second-order valence-electron chi connectivity index (χ2n) is 29.0. The highest BCUT2D eigenvalue weighted by atomic mass is 28.5. The van der Waals surface area contributed by atoms with Gasteiger partial charge in [-0.2, -0.15) is 0 Å². The summed E-state index contributed by atoms with van der Waals surface area (Å²) in [7, 11) is -42.7. The summed E-state index contributed by atoms with van der Waals surface area (Å²) < 4.78 is 114. The lowest BCUT2D eigenvalue weighted by Gasteiger charge is -2.45. The third-order valence-corrected chi connectivity index (χ3v) is 73.3. The minimum atomic E-state index is -2.85. The molecule has 0 aliphatic carbocycles. The van der Waals surface area contributed by atoms with E-state index in [1.54, 1.807) is 6.92 Å². The zero-order valence-electron chi connectivity index (χ0n) is 57.7. The quantitative estimate of drug-likeness (QED) is 0.0262. The zero-order valence-corrected chi connectivity index (χ0v) is 73.7. The Morgan fingerprint density at radius 2 is 0.543 bits per heavy atom. The lowest BCUT2D eigenvalue weighted by atomic mass is 10.3. The van der Waals surface area contributed by atoms with E-state index in [0.717, 1.165) is 24.9 Å². The Labute approximate surface area is 512 Å². The molecule has 0 amide bonds. The smallest absolute Gasteiger partial charge is 0.333 e. The largest absolute Gasteiger partial charge is 0.460 e. The Kier molecular flexibility index (Phi) is 31.6. The van der Waals surface area contributed by atoms with E-state index < -0.39 is 149 Å². The van der Waals surface area contributed by atoms with Gasteiger partial charge in [-0.3, -0.25) is 0 Å². The van der Waals surface area contributed by atoms with Crippen LogP contribution in [0.1, 0.15) is 33.1 Å². The van der Waals surface area contributed by atoms with E-state index in [-0.39, 0.29) is 18.8 Å². The second kappa shape index (κ2) is 30.9. The van der Waals surface area contributed by atoms with Gasteiger partial charge in [-0.25, -0.2) is 4.79 Å². The van der Waals surface area contributed by atoms with Gasteiger partial charge < -0.3 is 76.3 Å². The van der Waals surface area contributed by atoms with E-state index in [2.05, 4.69) is 184 Å². The van der Waals surface area contributed by atoms with Crippen LogP contribution in [0.5, 0.6) is 0 Å². The third kappa shape index (κ3) is 39.7. The highest BCUT2D eigenvalue weighted by molar-refractivity contribution is 6.95. The van der Waals surface area contributed by atoms with Crippen LogP contribution in [0.25, 0.3) is 0 Å². The molecule has 19 nitrogen and oxygen atoms in total. The summed E-state index contributed by atoms with van der Waals surface area (Å²) in [6.07, 6.45) is 2.19. The first-order chi connectivity index (χ1) is 35.4. The lowest BCUT2D eigenvalue weighted by molar-refractivity contribution is -0.143. The van der Waals surface area contributed by atoms with Crippen molar-refractivity contribution in [2.75, 3.05) is 19.8 Å². The van der Waals surface area contributed by atoms with Crippen LogP contribution in [0.4, 0.5) is 0 Å². The van der Waals surface area contributed by atoms with Gasteiger partial charge in [-0.1, -0.05) is 26.3 Å². The van der Waals surface area contributed by atoms with E-state index in [9.17, 15) is 9.90 Å². The number of rotatable bonds is 42. The molecule has 0 spiro atoms. The molecule has 1 atom stereocenters. The van der Waals surface area contributed by atoms with Crippen molar-refractivity contribution < 1.29 is 81.1 Å². The molecule has 81 heavy (non-hydrogen) atoms. The molecule has 35 heteroatoms. The van der Waals surface area contributed by atoms with Gasteiger partial charge in [0.2, 0.25) is 0 Å². The second-order valence-corrected chi connectivity index (χ2v) is 88.4. The first-order valence-corrected chi connectivity index (χ1v) is 74.7. The molecule has 484 valence electrons. The summed E-state index contributed by atoms with van der Waals surface area (Å²) >= 11 is 0. The van der Waals surface area contributed by atoms with Gasteiger partial charge in [0.1, 0.15) is 12.7 Å². The van der Waals surface area contributed by atoms with Crippen molar-refractivity contribution in [2.45, 2.75) is 261 Å². The van der Waals surface area contributed by atoms with Crippen LogP contribution in [0.2, 0.25) is 222 Å². The van der Waals surface area contributed by atoms with Crippen LogP contribution in [0.15, 0.2) is 12.2 Å². The van der Waals surface area contributed by atoms with Crippen molar-refractivity contribution >= 4 is 142 Å².